The number of alkyl halides is 3. The van der Waals surface area contributed by atoms with Crippen LogP contribution in [0.2, 0.25) is 5.02 Å². The Balaban J connectivity index is 2.18. The summed E-state index contributed by atoms with van der Waals surface area (Å²) in [6.07, 6.45) is -3.71. The third kappa shape index (κ3) is 3.78. The van der Waals surface area contributed by atoms with E-state index in [0.29, 0.717) is 5.69 Å². The minimum absolute atomic E-state index is 0.0767. The van der Waals surface area contributed by atoms with Gasteiger partial charge in [-0.3, -0.25) is 0 Å². The second-order valence-electron chi connectivity index (χ2n) is 4.58. The van der Waals surface area contributed by atoms with Crippen LogP contribution in [0.25, 0.3) is 0 Å². The molecule has 1 aromatic heterocycles. The van der Waals surface area contributed by atoms with E-state index in [4.69, 9.17) is 17.3 Å². The molecule has 0 amide bonds. The number of halogens is 4. The quantitative estimate of drug-likeness (QED) is 0.819. The molecular formula is C14H13ClF3N3. The van der Waals surface area contributed by atoms with Crippen molar-refractivity contribution >= 4 is 23.1 Å². The van der Waals surface area contributed by atoms with Crippen LogP contribution in [-0.2, 0) is 6.18 Å². The topological polar surface area (TPSA) is 50.9 Å². The molecule has 2 aromatic rings. The van der Waals surface area contributed by atoms with E-state index in [1.165, 1.54) is 0 Å². The molecule has 0 aliphatic rings. The van der Waals surface area contributed by atoms with Gasteiger partial charge in [-0.1, -0.05) is 23.7 Å². The smallest absolute Gasteiger partial charge is 0.399 e. The number of hydrogen-bond acceptors (Lipinski definition) is 3. The maximum absolute atomic E-state index is 12.5. The first-order valence-corrected chi connectivity index (χ1v) is 6.50. The molecule has 1 aromatic carbocycles. The Hall–Kier alpha value is -1.95. The van der Waals surface area contributed by atoms with Crippen LogP contribution in [0.5, 0.6) is 0 Å². The van der Waals surface area contributed by atoms with Crippen LogP contribution in [0.1, 0.15) is 24.1 Å². The van der Waals surface area contributed by atoms with Crippen molar-refractivity contribution in [2.45, 2.75) is 19.1 Å². The summed E-state index contributed by atoms with van der Waals surface area (Å²) in [5, 5.41) is 2.90. The summed E-state index contributed by atoms with van der Waals surface area (Å²) >= 11 is 5.85. The second kappa shape index (κ2) is 5.81. The van der Waals surface area contributed by atoms with Gasteiger partial charge in [0.25, 0.3) is 0 Å². The summed E-state index contributed by atoms with van der Waals surface area (Å²) in [5.41, 5.74) is 6.28. The highest BCUT2D eigenvalue weighted by atomic mass is 35.5. The number of aromatic nitrogens is 1. The molecule has 0 aliphatic carbocycles. The Labute approximate surface area is 124 Å². The average molecular weight is 316 g/mol. The largest absolute Gasteiger partial charge is 0.417 e. The zero-order valence-electron chi connectivity index (χ0n) is 11.1. The van der Waals surface area contributed by atoms with Crippen LogP contribution in [0.4, 0.5) is 24.7 Å². The zero-order valence-corrected chi connectivity index (χ0v) is 11.8. The van der Waals surface area contributed by atoms with Crippen molar-refractivity contribution < 1.29 is 13.2 Å². The molecule has 0 aliphatic heterocycles. The van der Waals surface area contributed by atoms with Crippen molar-refractivity contribution in [1.29, 1.82) is 0 Å². The molecular weight excluding hydrogens is 303 g/mol. The maximum atomic E-state index is 12.5. The molecule has 0 saturated heterocycles. The number of pyridine rings is 1. The molecule has 0 bridgehead atoms. The molecule has 0 saturated carbocycles. The number of anilines is 2. The van der Waals surface area contributed by atoms with Crippen LogP contribution < -0.4 is 11.1 Å². The van der Waals surface area contributed by atoms with E-state index >= 15 is 0 Å². The fraction of sp³-hybridized carbons (Fsp3) is 0.214. The molecule has 2 rings (SSSR count). The van der Waals surface area contributed by atoms with Crippen molar-refractivity contribution in [3.63, 3.8) is 0 Å². The van der Waals surface area contributed by atoms with E-state index in [2.05, 4.69) is 10.3 Å². The lowest BCUT2D eigenvalue weighted by Crippen LogP contribution is -2.10. The third-order valence-electron chi connectivity index (χ3n) is 2.96. The van der Waals surface area contributed by atoms with Gasteiger partial charge in [0, 0.05) is 17.9 Å². The van der Waals surface area contributed by atoms with Gasteiger partial charge in [-0.15, -0.1) is 0 Å². The summed E-state index contributed by atoms with van der Waals surface area (Å²) in [5.74, 6) is 0.203. The molecule has 1 heterocycles. The Morgan fingerprint density at radius 3 is 2.38 bits per heavy atom. The molecule has 0 fully saturated rings. The Morgan fingerprint density at radius 1 is 1.24 bits per heavy atom. The number of hydrogen-bond donors (Lipinski definition) is 2. The van der Waals surface area contributed by atoms with Gasteiger partial charge in [-0.2, -0.15) is 13.2 Å². The molecule has 3 N–H and O–H groups in total. The van der Waals surface area contributed by atoms with E-state index in [0.717, 1.165) is 17.8 Å². The minimum Gasteiger partial charge on any atom is -0.399 e. The van der Waals surface area contributed by atoms with Crippen molar-refractivity contribution in [3.05, 3.63) is 52.7 Å². The number of nitrogens with one attached hydrogen (secondary N) is 1. The first kappa shape index (κ1) is 15.4. The molecule has 112 valence electrons. The van der Waals surface area contributed by atoms with Gasteiger partial charge in [-0.05, 0) is 30.7 Å². The lowest BCUT2D eigenvalue weighted by atomic mass is 10.1. The third-order valence-corrected chi connectivity index (χ3v) is 3.25. The van der Waals surface area contributed by atoms with Gasteiger partial charge in [0.2, 0.25) is 0 Å². The fourth-order valence-corrected chi connectivity index (χ4v) is 1.99. The Morgan fingerprint density at radius 2 is 1.86 bits per heavy atom. The highest BCUT2D eigenvalue weighted by Gasteiger charge is 2.31. The Kier molecular flexibility index (Phi) is 4.27. The summed E-state index contributed by atoms with van der Waals surface area (Å²) in [6.45, 7) is 1.85. The number of benzene rings is 1. The first-order chi connectivity index (χ1) is 9.77. The van der Waals surface area contributed by atoms with Crippen molar-refractivity contribution in [3.8, 4) is 0 Å². The second-order valence-corrected chi connectivity index (χ2v) is 4.99. The van der Waals surface area contributed by atoms with Crippen LogP contribution in [0, 0.1) is 0 Å². The normalized spacial score (nSPS) is 13.0. The van der Waals surface area contributed by atoms with Gasteiger partial charge in [0.1, 0.15) is 5.82 Å². The van der Waals surface area contributed by atoms with E-state index in [1.807, 2.05) is 19.1 Å². The highest BCUT2D eigenvalue weighted by Crippen LogP contribution is 2.33. The van der Waals surface area contributed by atoms with Crippen LogP contribution in [0.15, 0.2) is 36.5 Å². The molecule has 7 heteroatoms. The van der Waals surface area contributed by atoms with Gasteiger partial charge in [0.05, 0.1) is 10.6 Å². The van der Waals surface area contributed by atoms with E-state index in [-0.39, 0.29) is 16.9 Å². The molecule has 1 unspecified atom stereocenters. The van der Waals surface area contributed by atoms with Gasteiger partial charge < -0.3 is 11.1 Å². The molecule has 21 heavy (non-hydrogen) atoms. The number of nitrogens with two attached hydrogens (primary N) is 1. The molecule has 3 nitrogen and oxygen atoms in total. The van der Waals surface area contributed by atoms with E-state index in [9.17, 15) is 13.2 Å². The summed E-state index contributed by atoms with van der Waals surface area (Å²) in [4.78, 5) is 3.74. The number of rotatable bonds is 3. The Bertz CT molecular complexity index is 626. The predicted molar refractivity (Wildman–Crippen MR) is 77.1 cm³/mol. The van der Waals surface area contributed by atoms with E-state index < -0.39 is 11.7 Å². The predicted octanol–water partition coefficient (Wildman–Crippen LogP) is 4.51. The van der Waals surface area contributed by atoms with Gasteiger partial charge in [0.15, 0.2) is 0 Å². The maximum Gasteiger partial charge on any atom is 0.417 e. The molecule has 0 radical (unpaired) electrons. The van der Waals surface area contributed by atoms with Crippen LogP contribution in [-0.4, -0.2) is 4.98 Å². The fourth-order valence-electron chi connectivity index (χ4n) is 1.77. The summed E-state index contributed by atoms with van der Waals surface area (Å²) in [7, 11) is 0. The number of nitrogens with zero attached hydrogens (tertiary/aromatic N) is 1. The average Bonchev–Trinajstić information content (AvgIpc) is 2.40. The molecule has 0 spiro atoms. The zero-order chi connectivity index (χ0) is 15.6. The van der Waals surface area contributed by atoms with Crippen molar-refractivity contribution in [2.24, 2.45) is 0 Å². The lowest BCUT2D eigenvalue weighted by molar-refractivity contribution is -0.137. The molecule has 1 atom stereocenters. The van der Waals surface area contributed by atoms with Gasteiger partial charge >= 0.3 is 6.18 Å². The lowest BCUT2D eigenvalue weighted by Gasteiger charge is -2.17. The van der Waals surface area contributed by atoms with Crippen LogP contribution >= 0.6 is 11.6 Å². The van der Waals surface area contributed by atoms with E-state index in [1.54, 1.807) is 12.1 Å². The highest BCUT2D eigenvalue weighted by molar-refractivity contribution is 6.33. The SMILES string of the molecule is CC(Nc1ncc(C(F)(F)F)cc1Cl)c1ccc(N)cc1. The summed E-state index contributed by atoms with van der Waals surface area (Å²) < 4.78 is 37.6. The standard InChI is InChI=1S/C14H13ClF3N3/c1-8(9-2-4-11(19)5-3-9)21-13-12(15)6-10(7-20-13)14(16,17)18/h2-8H,19H2,1H3,(H,20,21). The van der Waals surface area contributed by atoms with Crippen LogP contribution in [0.3, 0.4) is 0 Å². The van der Waals surface area contributed by atoms with Crippen molar-refractivity contribution in [1.82, 2.24) is 4.98 Å². The monoisotopic (exact) mass is 315 g/mol. The first-order valence-electron chi connectivity index (χ1n) is 6.12. The van der Waals surface area contributed by atoms with Crippen molar-refractivity contribution in [2.75, 3.05) is 11.1 Å². The number of nitrogen functional groups attached to an aromatic ring is 1. The summed E-state index contributed by atoms with van der Waals surface area (Å²) in [6, 6.07) is 7.82. The minimum atomic E-state index is -4.46. The van der Waals surface area contributed by atoms with Gasteiger partial charge in [-0.25, -0.2) is 4.98 Å².